The average Bonchev–Trinajstić information content (AvgIpc) is 2.52. The minimum absolute atomic E-state index is 0.0310. The van der Waals surface area contributed by atoms with E-state index in [1.54, 1.807) is 18.9 Å². The third kappa shape index (κ3) is 2.57. The second-order valence-corrected chi connectivity index (χ2v) is 5.00. The summed E-state index contributed by atoms with van der Waals surface area (Å²) in [6.45, 7) is 2.28. The third-order valence-corrected chi connectivity index (χ3v) is 3.55. The summed E-state index contributed by atoms with van der Waals surface area (Å²) in [6.07, 6.45) is -0.467. The molecule has 3 rings (SSSR count). The molecule has 0 spiro atoms. The maximum absolute atomic E-state index is 12.4. The van der Waals surface area contributed by atoms with Crippen LogP contribution in [-0.2, 0) is 11.3 Å². The van der Waals surface area contributed by atoms with Crippen molar-refractivity contribution in [2.45, 2.75) is 19.6 Å². The van der Waals surface area contributed by atoms with E-state index in [0.717, 1.165) is 22.7 Å². The number of amides is 1. The van der Waals surface area contributed by atoms with Gasteiger partial charge in [0, 0.05) is 0 Å². The summed E-state index contributed by atoms with van der Waals surface area (Å²) >= 11 is 0. The summed E-state index contributed by atoms with van der Waals surface area (Å²) in [7, 11) is 1.64. The van der Waals surface area contributed by atoms with Gasteiger partial charge in [-0.2, -0.15) is 0 Å². The van der Waals surface area contributed by atoms with Gasteiger partial charge >= 0.3 is 0 Å². The first-order valence-corrected chi connectivity index (χ1v) is 6.89. The Morgan fingerprint density at radius 3 is 2.81 bits per heavy atom. The van der Waals surface area contributed by atoms with Crippen LogP contribution in [-0.4, -0.2) is 19.1 Å². The molecule has 0 bridgehead atoms. The van der Waals surface area contributed by atoms with E-state index in [4.69, 9.17) is 9.47 Å². The number of carbonyl (C=O) groups is 1. The Balaban J connectivity index is 1.94. The molecule has 1 aliphatic rings. The van der Waals surface area contributed by atoms with Gasteiger partial charge in [0.05, 0.1) is 19.3 Å². The largest absolute Gasteiger partial charge is 0.497 e. The van der Waals surface area contributed by atoms with Crippen molar-refractivity contribution in [3.8, 4) is 11.5 Å². The maximum atomic E-state index is 12.4. The van der Waals surface area contributed by atoms with Gasteiger partial charge in [0.15, 0.2) is 6.10 Å². The number of hydrogen-bond acceptors (Lipinski definition) is 3. The van der Waals surface area contributed by atoms with Crippen LogP contribution in [0, 0.1) is 0 Å². The Hall–Kier alpha value is -2.49. The van der Waals surface area contributed by atoms with E-state index < -0.39 is 6.10 Å². The Labute approximate surface area is 123 Å². The molecule has 108 valence electrons. The highest BCUT2D eigenvalue weighted by atomic mass is 16.5. The number of hydrogen-bond donors (Lipinski definition) is 0. The zero-order valence-corrected chi connectivity index (χ0v) is 12.1. The monoisotopic (exact) mass is 283 g/mol. The number of nitrogens with zero attached hydrogens (tertiary/aromatic N) is 1. The molecule has 0 aromatic heterocycles. The van der Waals surface area contributed by atoms with Gasteiger partial charge in [-0.25, -0.2) is 0 Å². The molecule has 21 heavy (non-hydrogen) atoms. The van der Waals surface area contributed by atoms with Gasteiger partial charge in [-0.1, -0.05) is 24.3 Å². The quantitative estimate of drug-likeness (QED) is 0.869. The van der Waals surface area contributed by atoms with Crippen LogP contribution in [0.2, 0.25) is 0 Å². The van der Waals surface area contributed by atoms with E-state index in [9.17, 15) is 4.79 Å². The molecule has 0 fully saturated rings. The molecule has 0 radical (unpaired) electrons. The fourth-order valence-electron chi connectivity index (χ4n) is 2.48. The third-order valence-electron chi connectivity index (χ3n) is 3.55. The van der Waals surface area contributed by atoms with Gasteiger partial charge in [0.1, 0.15) is 11.5 Å². The van der Waals surface area contributed by atoms with Crippen LogP contribution in [0.15, 0.2) is 48.5 Å². The average molecular weight is 283 g/mol. The molecule has 1 heterocycles. The van der Waals surface area contributed by atoms with Gasteiger partial charge in [-0.05, 0) is 36.8 Å². The molecule has 1 aliphatic heterocycles. The fourth-order valence-corrected chi connectivity index (χ4v) is 2.48. The van der Waals surface area contributed by atoms with Crippen molar-refractivity contribution in [1.82, 2.24) is 0 Å². The fraction of sp³-hybridized carbons (Fsp3) is 0.235. The van der Waals surface area contributed by atoms with E-state index in [2.05, 4.69) is 0 Å². The van der Waals surface area contributed by atoms with Crippen LogP contribution in [0.25, 0.3) is 0 Å². The number of para-hydroxylation sites is 2. The first kappa shape index (κ1) is 13.5. The summed E-state index contributed by atoms with van der Waals surface area (Å²) in [6, 6.07) is 15.3. The van der Waals surface area contributed by atoms with Gasteiger partial charge in [-0.3, -0.25) is 4.79 Å². The smallest absolute Gasteiger partial charge is 0.268 e. The van der Waals surface area contributed by atoms with E-state index in [1.807, 2.05) is 48.5 Å². The topological polar surface area (TPSA) is 38.8 Å². The van der Waals surface area contributed by atoms with E-state index >= 15 is 0 Å². The Morgan fingerprint density at radius 2 is 2.00 bits per heavy atom. The highest BCUT2D eigenvalue weighted by molar-refractivity contribution is 5.99. The van der Waals surface area contributed by atoms with Crippen LogP contribution in [0.1, 0.15) is 12.5 Å². The number of ether oxygens (including phenoxy) is 2. The molecular weight excluding hydrogens is 266 g/mol. The second kappa shape index (κ2) is 5.48. The molecule has 0 unspecified atom stereocenters. The summed E-state index contributed by atoms with van der Waals surface area (Å²) in [4.78, 5) is 14.2. The van der Waals surface area contributed by atoms with E-state index in [-0.39, 0.29) is 5.91 Å². The Morgan fingerprint density at radius 1 is 1.19 bits per heavy atom. The maximum Gasteiger partial charge on any atom is 0.268 e. The SMILES string of the molecule is COc1cccc(CN2C(=O)[C@H](C)Oc3ccccc32)c1. The predicted molar refractivity (Wildman–Crippen MR) is 80.7 cm³/mol. The molecule has 0 aliphatic carbocycles. The van der Waals surface area contributed by atoms with Gasteiger partial charge in [-0.15, -0.1) is 0 Å². The van der Waals surface area contributed by atoms with Crippen molar-refractivity contribution in [2.24, 2.45) is 0 Å². The van der Waals surface area contributed by atoms with Crippen molar-refractivity contribution in [2.75, 3.05) is 12.0 Å². The summed E-state index contributed by atoms with van der Waals surface area (Å²) in [5.41, 5.74) is 1.83. The number of carbonyl (C=O) groups excluding carboxylic acids is 1. The summed E-state index contributed by atoms with van der Waals surface area (Å²) < 4.78 is 10.9. The molecule has 0 N–H and O–H groups in total. The number of anilines is 1. The van der Waals surface area contributed by atoms with Gasteiger partial charge < -0.3 is 14.4 Å². The predicted octanol–water partition coefficient (Wildman–Crippen LogP) is 3.01. The lowest BCUT2D eigenvalue weighted by Crippen LogP contribution is -2.43. The summed E-state index contributed by atoms with van der Waals surface area (Å²) in [5.74, 6) is 1.50. The van der Waals surface area contributed by atoms with Crippen molar-refractivity contribution >= 4 is 11.6 Å². The van der Waals surface area contributed by atoms with Crippen molar-refractivity contribution < 1.29 is 14.3 Å². The molecule has 0 saturated carbocycles. The second-order valence-electron chi connectivity index (χ2n) is 5.00. The zero-order valence-electron chi connectivity index (χ0n) is 12.1. The lowest BCUT2D eigenvalue weighted by Gasteiger charge is -2.33. The van der Waals surface area contributed by atoms with Crippen LogP contribution in [0.3, 0.4) is 0 Å². The van der Waals surface area contributed by atoms with Crippen molar-refractivity contribution in [3.63, 3.8) is 0 Å². The molecule has 0 saturated heterocycles. The molecule has 2 aromatic rings. The highest BCUT2D eigenvalue weighted by Crippen LogP contribution is 2.34. The highest BCUT2D eigenvalue weighted by Gasteiger charge is 2.31. The molecular formula is C17H17NO3. The lowest BCUT2D eigenvalue weighted by atomic mass is 10.1. The molecule has 4 heteroatoms. The Kier molecular flexibility index (Phi) is 3.52. The van der Waals surface area contributed by atoms with E-state index in [0.29, 0.717) is 6.54 Å². The van der Waals surface area contributed by atoms with Crippen LogP contribution < -0.4 is 14.4 Å². The van der Waals surface area contributed by atoms with Crippen LogP contribution >= 0.6 is 0 Å². The Bertz CT molecular complexity index is 669. The standard InChI is InChI=1S/C17H17NO3/c1-12-17(19)18(15-8-3-4-9-16(15)21-12)11-13-6-5-7-14(10-13)20-2/h3-10,12H,11H2,1-2H3/t12-/m0/s1. The minimum atomic E-state index is -0.467. The first-order valence-electron chi connectivity index (χ1n) is 6.89. The molecule has 4 nitrogen and oxygen atoms in total. The molecule has 1 amide bonds. The lowest BCUT2D eigenvalue weighted by molar-refractivity contribution is -0.125. The summed E-state index contributed by atoms with van der Waals surface area (Å²) in [5, 5.41) is 0. The molecule has 2 aromatic carbocycles. The van der Waals surface area contributed by atoms with Crippen LogP contribution in [0.4, 0.5) is 5.69 Å². The van der Waals surface area contributed by atoms with Gasteiger partial charge in [0.25, 0.3) is 5.91 Å². The van der Waals surface area contributed by atoms with Crippen LogP contribution in [0.5, 0.6) is 11.5 Å². The van der Waals surface area contributed by atoms with E-state index in [1.165, 1.54) is 0 Å². The van der Waals surface area contributed by atoms with Gasteiger partial charge in [0.2, 0.25) is 0 Å². The van der Waals surface area contributed by atoms with Crippen molar-refractivity contribution in [1.29, 1.82) is 0 Å². The molecule has 1 atom stereocenters. The first-order chi connectivity index (χ1) is 10.2. The number of methoxy groups -OCH3 is 1. The minimum Gasteiger partial charge on any atom is -0.497 e. The number of rotatable bonds is 3. The normalized spacial score (nSPS) is 17.1. The number of fused-ring (bicyclic) bond motifs is 1. The number of benzene rings is 2. The zero-order chi connectivity index (χ0) is 14.8. The van der Waals surface area contributed by atoms with Crippen molar-refractivity contribution in [3.05, 3.63) is 54.1 Å².